The Morgan fingerprint density at radius 1 is 1.33 bits per heavy atom. The normalized spacial score (nSPS) is 17.2. The van der Waals surface area contributed by atoms with Crippen molar-refractivity contribution in [2.45, 2.75) is 32.4 Å². The highest BCUT2D eigenvalue weighted by molar-refractivity contribution is 5.79. The molecule has 1 aliphatic heterocycles. The number of aliphatic imine (C=N–C) groups is 1. The Kier molecular flexibility index (Phi) is 7.68. The molecule has 1 aromatic heterocycles. The summed E-state index contributed by atoms with van der Waals surface area (Å²) in [4.78, 5) is 4.66. The molecule has 3 rings (SSSR count). The number of nitrogens with zero attached hydrogens (tertiary/aromatic N) is 3. The average Bonchev–Trinajstić information content (AvgIpc) is 3.40. The summed E-state index contributed by atoms with van der Waals surface area (Å²) in [6.45, 7) is 6.66. The maximum Gasteiger partial charge on any atom is 0.191 e. The van der Waals surface area contributed by atoms with E-state index in [-0.39, 0.29) is 6.10 Å². The highest BCUT2D eigenvalue weighted by Gasteiger charge is 2.15. The number of aromatic nitrogens is 2. The summed E-state index contributed by atoms with van der Waals surface area (Å²) in [5, 5.41) is 10.9. The van der Waals surface area contributed by atoms with E-state index in [0.29, 0.717) is 6.54 Å². The van der Waals surface area contributed by atoms with Gasteiger partial charge in [0.25, 0.3) is 0 Å². The zero-order valence-corrected chi connectivity index (χ0v) is 15.9. The predicted molar refractivity (Wildman–Crippen MR) is 106 cm³/mol. The quantitative estimate of drug-likeness (QED) is 0.401. The molecule has 1 fully saturated rings. The first-order valence-corrected chi connectivity index (χ1v) is 9.65. The minimum atomic E-state index is 0.275. The van der Waals surface area contributed by atoms with E-state index in [1.54, 1.807) is 6.20 Å². The van der Waals surface area contributed by atoms with E-state index in [4.69, 9.17) is 9.47 Å². The van der Waals surface area contributed by atoms with Crippen molar-refractivity contribution >= 4 is 5.96 Å². The van der Waals surface area contributed by atoms with Gasteiger partial charge in [0.2, 0.25) is 0 Å². The molecule has 0 amide bonds. The molecule has 1 saturated heterocycles. The van der Waals surface area contributed by atoms with Crippen LogP contribution in [0.4, 0.5) is 0 Å². The SMILES string of the molecule is CCNC(=NCc1ccc(-n2cccn2)cc1)NCCCOC1CCOC1. The van der Waals surface area contributed by atoms with Crippen molar-refractivity contribution in [1.29, 1.82) is 0 Å². The van der Waals surface area contributed by atoms with E-state index < -0.39 is 0 Å². The standard InChI is InChI=1S/C20H29N5O2/c1-2-21-20(22-10-4-13-27-19-9-14-26-16-19)23-15-17-5-7-18(8-6-17)25-12-3-11-24-25/h3,5-8,11-12,19H,2,4,9-10,13-16H2,1H3,(H2,21,22,23). The number of benzene rings is 1. The molecule has 0 bridgehead atoms. The molecule has 1 aromatic carbocycles. The van der Waals surface area contributed by atoms with Crippen molar-refractivity contribution in [3.8, 4) is 5.69 Å². The third kappa shape index (κ3) is 6.37. The van der Waals surface area contributed by atoms with Crippen LogP contribution in [0.2, 0.25) is 0 Å². The first-order valence-electron chi connectivity index (χ1n) is 9.65. The van der Waals surface area contributed by atoms with Gasteiger partial charge in [0, 0.05) is 38.7 Å². The Morgan fingerprint density at radius 3 is 2.93 bits per heavy atom. The van der Waals surface area contributed by atoms with Crippen molar-refractivity contribution in [3.05, 3.63) is 48.3 Å². The van der Waals surface area contributed by atoms with Crippen molar-refractivity contribution in [1.82, 2.24) is 20.4 Å². The van der Waals surface area contributed by atoms with Gasteiger partial charge in [-0.1, -0.05) is 12.1 Å². The van der Waals surface area contributed by atoms with Crippen LogP contribution in [-0.4, -0.2) is 54.8 Å². The van der Waals surface area contributed by atoms with E-state index in [0.717, 1.165) is 63.0 Å². The number of rotatable bonds is 9. The fourth-order valence-electron chi connectivity index (χ4n) is 2.86. The third-order valence-corrected chi connectivity index (χ3v) is 4.32. The Labute approximate surface area is 160 Å². The molecule has 0 aliphatic carbocycles. The lowest BCUT2D eigenvalue weighted by molar-refractivity contribution is 0.0420. The molecule has 0 spiro atoms. The van der Waals surface area contributed by atoms with Gasteiger partial charge < -0.3 is 20.1 Å². The second-order valence-electron chi connectivity index (χ2n) is 6.45. The molecule has 0 radical (unpaired) electrons. The Morgan fingerprint density at radius 2 is 2.22 bits per heavy atom. The minimum Gasteiger partial charge on any atom is -0.379 e. The summed E-state index contributed by atoms with van der Waals surface area (Å²) in [7, 11) is 0. The minimum absolute atomic E-state index is 0.275. The number of nitrogens with one attached hydrogen (secondary N) is 2. The van der Waals surface area contributed by atoms with E-state index in [9.17, 15) is 0 Å². The average molecular weight is 371 g/mol. The smallest absolute Gasteiger partial charge is 0.191 e. The van der Waals surface area contributed by atoms with Gasteiger partial charge in [0.1, 0.15) is 0 Å². The maximum atomic E-state index is 5.78. The molecule has 1 aliphatic rings. The summed E-state index contributed by atoms with van der Waals surface area (Å²) in [5.74, 6) is 0.831. The number of hydrogen-bond donors (Lipinski definition) is 2. The molecular formula is C20H29N5O2. The molecule has 1 atom stereocenters. The number of guanidine groups is 1. The van der Waals surface area contributed by atoms with Gasteiger partial charge >= 0.3 is 0 Å². The van der Waals surface area contributed by atoms with Gasteiger partial charge in [-0.25, -0.2) is 9.67 Å². The second kappa shape index (κ2) is 10.7. The van der Waals surface area contributed by atoms with E-state index in [1.807, 2.05) is 16.9 Å². The van der Waals surface area contributed by atoms with Crippen LogP contribution in [0.25, 0.3) is 5.69 Å². The summed E-state index contributed by atoms with van der Waals surface area (Å²) < 4.78 is 12.9. The topological polar surface area (TPSA) is 72.7 Å². The lowest BCUT2D eigenvalue weighted by atomic mass is 10.2. The fourth-order valence-corrected chi connectivity index (χ4v) is 2.86. The van der Waals surface area contributed by atoms with Crippen LogP contribution in [0.15, 0.2) is 47.7 Å². The molecule has 27 heavy (non-hydrogen) atoms. The first-order chi connectivity index (χ1) is 13.3. The molecule has 146 valence electrons. The van der Waals surface area contributed by atoms with E-state index >= 15 is 0 Å². The zero-order chi connectivity index (χ0) is 18.7. The van der Waals surface area contributed by atoms with E-state index in [2.05, 4.69) is 51.9 Å². The van der Waals surface area contributed by atoms with Crippen molar-refractivity contribution in [2.75, 3.05) is 32.9 Å². The molecule has 1 unspecified atom stereocenters. The highest BCUT2D eigenvalue weighted by Crippen LogP contribution is 2.10. The monoisotopic (exact) mass is 371 g/mol. The largest absolute Gasteiger partial charge is 0.379 e. The predicted octanol–water partition coefficient (Wildman–Crippen LogP) is 2.12. The summed E-state index contributed by atoms with van der Waals surface area (Å²) >= 11 is 0. The summed E-state index contributed by atoms with van der Waals surface area (Å²) in [6, 6.07) is 10.2. The van der Waals surface area contributed by atoms with Crippen LogP contribution >= 0.6 is 0 Å². The lowest BCUT2D eigenvalue weighted by Gasteiger charge is -2.13. The number of ether oxygens (including phenoxy) is 2. The second-order valence-corrected chi connectivity index (χ2v) is 6.45. The van der Waals surface area contributed by atoms with Crippen molar-refractivity contribution in [2.24, 2.45) is 4.99 Å². The Bertz CT molecular complexity index is 679. The molecule has 7 heteroatoms. The van der Waals surface area contributed by atoms with Crippen LogP contribution in [-0.2, 0) is 16.0 Å². The Balaban J connectivity index is 1.42. The van der Waals surface area contributed by atoms with Gasteiger partial charge in [-0.05, 0) is 43.5 Å². The van der Waals surface area contributed by atoms with Crippen LogP contribution in [0, 0.1) is 0 Å². The molecular weight excluding hydrogens is 342 g/mol. The van der Waals surface area contributed by atoms with Crippen molar-refractivity contribution < 1.29 is 9.47 Å². The third-order valence-electron chi connectivity index (χ3n) is 4.32. The van der Waals surface area contributed by atoms with Gasteiger partial charge in [-0.3, -0.25) is 0 Å². The molecule has 2 heterocycles. The molecule has 2 aromatic rings. The first kappa shape index (κ1) is 19.4. The zero-order valence-electron chi connectivity index (χ0n) is 15.9. The van der Waals surface area contributed by atoms with Crippen LogP contribution in [0.5, 0.6) is 0 Å². The molecule has 0 saturated carbocycles. The molecule has 2 N–H and O–H groups in total. The maximum absolute atomic E-state index is 5.78. The van der Waals surface area contributed by atoms with Gasteiger partial charge in [0.05, 0.1) is 24.9 Å². The van der Waals surface area contributed by atoms with E-state index in [1.165, 1.54) is 0 Å². The summed E-state index contributed by atoms with van der Waals surface area (Å²) in [5.41, 5.74) is 2.21. The van der Waals surface area contributed by atoms with Gasteiger partial charge in [-0.2, -0.15) is 5.10 Å². The molecule has 7 nitrogen and oxygen atoms in total. The summed E-state index contributed by atoms with van der Waals surface area (Å²) in [6.07, 6.45) is 5.94. The van der Waals surface area contributed by atoms with Gasteiger partial charge in [0.15, 0.2) is 5.96 Å². The van der Waals surface area contributed by atoms with Crippen molar-refractivity contribution in [3.63, 3.8) is 0 Å². The van der Waals surface area contributed by atoms with Crippen LogP contribution < -0.4 is 10.6 Å². The van der Waals surface area contributed by atoms with Crippen LogP contribution in [0.3, 0.4) is 0 Å². The van der Waals surface area contributed by atoms with Crippen LogP contribution in [0.1, 0.15) is 25.3 Å². The number of hydrogen-bond acceptors (Lipinski definition) is 4. The highest BCUT2D eigenvalue weighted by atomic mass is 16.5. The van der Waals surface area contributed by atoms with Gasteiger partial charge in [-0.15, -0.1) is 0 Å². The fraction of sp³-hybridized carbons (Fsp3) is 0.500. The Hall–Kier alpha value is -2.38. The lowest BCUT2D eigenvalue weighted by Crippen LogP contribution is -2.38.